The molecule has 0 bridgehead atoms. The summed E-state index contributed by atoms with van der Waals surface area (Å²) in [6, 6.07) is 15.3. The molecule has 0 aliphatic heterocycles. The number of nitrogens with one attached hydrogen (secondary N) is 1. The molecular weight excluding hydrogens is 436 g/mol. The Balaban J connectivity index is 1.71. The lowest BCUT2D eigenvalue weighted by Gasteiger charge is -2.27. The third kappa shape index (κ3) is 4.60. The van der Waals surface area contributed by atoms with Crippen molar-refractivity contribution in [3.8, 4) is 0 Å². The molecule has 1 aliphatic carbocycles. The van der Waals surface area contributed by atoms with Gasteiger partial charge >= 0.3 is 0 Å². The van der Waals surface area contributed by atoms with Crippen molar-refractivity contribution in [2.75, 3.05) is 4.31 Å². The number of aryl methyl sites for hydroxylation is 1. The number of anilines is 1. The molecule has 1 N–H and O–H groups in total. The van der Waals surface area contributed by atoms with Gasteiger partial charge in [0.25, 0.3) is 15.9 Å². The van der Waals surface area contributed by atoms with Gasteiger partial charge in [-0.2, -0.15) is 13.5 Å². The standard InChI is InChI=1S/C22H23ClN4O3S/c1-26-21(12-13-24-26)31(29,30)27(15-16-8-10-18(23)11-9-16)20-7-2-4-17(14-20)22(28)25-19-5-3-6-19/h2,4,7-14,19H,3,5-6,15H2,1H3,(H,25,28). The Morgan fingerprint density at radius 1 is 1.19 bits per heavy atom. The third-order valence-electron chi connectivity index (χ3n) is 5.41. The molecule has 0 radical (unpaired) electrons. The van der Waals surface area contributed by atoms with Crippen molar-refractivity contribution in [1.82, 2.24) is 15.1 Å². The molecule has 1 fully saturated rings. The lowest BCUT2D eigenvalue weighted by Crippen LogP contribution is -2.39. The van der Waals surface area contributed by atoms with E-state index in [0.717, 1.165) is 24.8 Å². The summed E-state index contributed by atoms with van der Waals surface area (Å²) < 4.78 is 29.7. The van der Waals surface area contributed by atoms with Gasteiger partial charge in [0, 0.05) is 23.7 Å². The fraction of sp³-hybridized carbons (Fsp3) is 0.273. The molecule has 2 aromatic carbocycles. The Morgan fingerprint density at radius 2 is 1.94 bits per heavy atom. The number of sulfonamides is 1. The molecule has 9 heteroatoms. The van der Waals surface area contributed by atoms with E-state index < -0.39 is 10.0 Å². The average Bonchev–Trinajstić information content (AvgIpc) is 3.17. The zero-order valence-electron chi connectivity index (χ0n) is 17.0. The van der Waals surface area contributed by atoms with Gasteiger partial charge in [-0.25, -0.2) is 0 Å². The molecule has 0 unspecified atom stereocenters. The van der Waals surface area contributed by atoms with Gasteiger partial charge in [-0.3, -0.25) is 13.8 Å². The van der Waals surface area contributed by atoms with Gasteiger partial charge in [-0.1, -0.05) is 29.8 Å². The normalized spacial score (nSPS) is 14.1. The molecule has 0 saturated heterocycles. The predicted molar refractivity (Wildman–Crippen MR) is 120 cm³/mol. The summed E-state index contributed by atoms with van der Waals surface area (Å²) in [4.78, 5) is 12.6. The Bertz CT molecular complexity index is 1190. The van der Waals surface area contributed by atoms with Crippen LogP contribution in [0.25, 0.3) is 0 Å². The summed E-state index contributed by atoms with van der Waals surface area (Å²) in [6.07, 6.45) is 4.50. The molecule has 4 rings (SSSR count). The van der Waals surface area contributed by atoms with Crippen molar-refractivity contribution in [2.24, 2.45) is 7.05 Å². The Kier molecular flexibility index (Phi) is 6.02. The number of carbonyl (C=O) groups is 1. The van der Waals surface area contributed by atoms with E-state index in [4.69, 9.17) is 11.6 Å². The lowest BCUT2D eigenvalue weighted by atomic mass is 9.93. The Hall–Kier alpha value is -2.84. The van der Waals surface area contributed by atoms with Crippen LogP contribution in [-0.2, 0) is 23.6 Å². The van der Waals surface area contributed by atoms with Crippen LogP contribution < -0.4 is 9.62 Å². The molecule has 0 spiro atoms. The number of aromatic nitrogens is 2. The third-order valence-corrected chi connectivity index (χ3v) is 7.51. The van der Waals surface area contributed by atoms with Gasteiger partial charge in [0.2, 0.25) is 0 Å². The second-order valence-corrected chi connectivity index (χ2v) is 9.83. The number of hydrogen-bond acceptors (Lipinski definition) is 4. The van der Waals surface area contributed by atoms with Gasteiger partial charge in [0.15, 0.2) is 5.03 Å². The second-order valence-electron chi connectivity index (χ2n) is 7.58. The van der Waals surface area contributed by atoms with Crippen LogP contribution in [0.4, 0.5) is 5.69 Å². The first kappa shape index (κ1) is 21.4. The van der Waals surface area contributed by atoms with Crippen molar-refractivity contribution < 1.29 is 13.2 Å². The van der Waals surface area contributed by atoms with Crippen molar-refractivity contribution >= 4 is 33.2 Å². The summed E-state index contributed by atoms with van der Waals surface area (Å²) >= 11 is 5.98. The van der Waals surface area contributed by atoms with E-state index in [-0.39, 0.29) is 23.5 Å². The Labute approximate surface area is 186 Å². The van der Waals surface area contributed by atoms with Crippen LogP contribution in [0, 0.1) is 0 Å². The second kappa shape index (κ2) is 8.72. The number of halogens is 1. The van der Waals surface area contributed by atoms with Crippen LogP contribution in [0.5, 0.6) is 0 Å². The van der Waals surface area contributed by atoms with E-state index in [9.17, 15) is 13.2 Å². The van der Waals surface area contributed by atoms with E-state index in [1.165, 1.54) is 21.3 Å². The van der Waals surface area contributed by atoms with E-state index in [0.29, 0.717) is 16.3 Å². The maximum absolute atomic E-state index is 13.5. The first-order valence-corrected chi connectivity index (χ1v) is 11.8. The number of nitrogens with zero attached hydrogens (tertiary/aromatic N) is 3. The molecule has 0 atom stereocenters. The van der Waals surface area contributed by atoms with Gasteiger partial charge < -0.3 is 5.32 Å². The number of hydrogen-bond donors (Lipinski definition) is 1. The minimum Gasteiger partial charge on any atom is -0.349 e. The molecule has 1 amide bonds. The van der Waals surface area contributed by atoms with E-state index >= 15 is 0 Å². The minimum atomic E-state index is -3.94. The largest absolute Gasteiger partial charge is 0.349 e. The number of rotatable bonds is 7. The summed E-state index contributed by atoms with van der Waals surface area (Å²) in [6.45, 7) is 0.0817. The highest BCUT2D eigenvalue weighted by Gasteiger charge is 2.29. The van der Waals surface area contributed by atoms with Crippen molar-refractivity contribution in [3.63, 3.8) is 0 Å². The molecule has 1 aromatic heterocycles. The number of benzene rings is 2. The zero-order chi connectivity index (χ0) is 22.0. The van der Waals surface area contributed by atoms with Crippen molar-refractivity contribution in [2.45, 2.75) is 36.9 Å². The topological polar surface area (TPSA) is 84.3 Å². The maximum atomic E-state index is 13.5. The van der Waals surface area contributed by atoms with E-state index in [2.05, 4.69) is 10.4 Å². The number of carbonyl (C=O) groups excluding carboxylic acids is 1. The molecule has 1 aliphatic rings. The first-order chi connectivity index (χ1) is 14.8. The van der Waals surface area contributed by atoms with Crippen LogP contribution in [0.15, 0.2) is 65.8 Å². The van der Waals surface area contributed by atoms with Crippen LogP contribution in [0.1, 0.15) is 35.2 Å². The van der Waals surface area contributed by atoms with Gasteiger partial charge in [0.05, 0.1) is 18.4 Å². The summed E-state index contributed by atoms with van der Waals surface area (Å²) in [5.74, 6) is -0.198. The Morgan fingerprint density at radius 3 is 2.55 bits per heavy atom. The predicted octanol–water partition coefficient (Wildman–Crippen LogP) is 3.75. The smallest absolute Gasteiger partial charge is 0.281 e. The molecular formula is C22H23ClN4O3S. The van der Waals surface area contributed by atoms with Crippen LogP contribution >= 0.6 is 11.6 Å². The van der Waals surface area contributed by atoms with E-state index in [1.807, 2.05) is 0 Å². The summed E-state index contributed by atoms with van der Waals surface area (Å²) in [5, 5.41) is 7.63. The highest BCUT2D eigenvalue weighted by Crippen LogP contribution is 2.27. The molecule has 162 valence electrons. The molecule has 7 nitrogen and oxygen atoms in total. The van der Waals surface area contributed by atoms with E-state index in [1.54, 1.807) is 55.6 Å². The minimum absolute atomic E-state index is 0.0609. The van der Waals surface area contributed by atoms with Crippen LogP contribution in [-0.4, -0.2) is 30.1 Å². The van der Waals surface area contributed by atoms with Crippen molar-refractivity contribution in [1.29, 1.82) is 0 Å². The number of amides is 1. The highest BCUT2D eigenvalue weighted by atomic mass is 35.5. The molecule has 3 aromatic rings. The maximum Gasteiger partial charge on any atom is 0.281 e. The summed E-state index contributed by atoms with van der Waals surface area (Å²) in [7, 11) is -2.36. The lowest BCUT2D eigenvalue weighted by molar-refractivity contribution is 0.0917. The van der Waals surface area contributed by atoms with Crippen molar-refractivity contribution in [3.05, 3.63) is 76.9 Å². The molecule has 1 heterocycles. The van der Waals surface area contributed by atoms with Crippen LogP contribution in [0.2, 0.25) is 5.02 Å². The molecule has 1 saturated carbocycles. The highest BCUT2D eigenvalue weighted by molar-refractivity contribution is 7.92. The van der Waals surface area contributed by atoms with Gasteiger partial charge in [-0.15, -0.1) is 0 Å². The zero-order valence-corrected chi connectivity index (χ0v) is 18.6. The SMILES string of the molecule is Cn1nccc1S(=O)(=O)N(Cc1ccc(Cl)cc1)c1cccc(C(=O)NC2CCC2)c1. The van der Waals surface area contributed by atoms with Gasteiger partial charge in [-0.05, 0) is 61.2 Å². The first-order valence-electron chi connectivity index (χ1n) is 10.0. The fourth-order valence-electron chi connectivity index (χ4n) is 3.42. The quantitative estimate of drug-likeness (QED) is 0.584. The summed E-state index contributed by atoms with van der Waals surface area (Å²) in [5.41, 5.74) is 1.59. The molecule has 31 heavy (non-hydrogen) atoms. The van der Waals surface area contributed by atoms with Crippen LogP contribution in [0.3, 0.4) is 0 Å². The van der Waals surface area contributed by atoms with Gasteiger partial charge in [0.1, 0.15) is 0 Å². The monoisotopic (exact) mass is 458 g/mol. The average molecular weight is 459 g/mol. The fourth-order valence-corrected chi connectivity index (χ4v) is 5.10.